The number of aromatic amines is 1. The highest BCUT2D eigenvalue weighted by molar-refractivity contribution is 5.54. The lowest BCUT2D eigenvalue weighted by Gasteiger charge is -2.35. The average Bonchev–Trinajstić information content (AvgIpc) is 3.13. The molecule has 0 aliphatic carbocycles. The van der Waals surface area contributed by atoms with E-state index < -0.39 is 29.5 Å². The van der Waals surface area contributed by atoms with E-state index in [1.807, 2.05) is 6.92 Å². The van der Waals surface area contributed by atoms with Crippen molar-refractivity contribution in [3.8, 4) is 11.4 Å². The van der Waals surface area contributed by atoms with Gasteiger partial charge in [0.2, 0.25) is 0 Å². The second-order valence-corrected chi connectivity index (χ2v) is 7.64. The first-order valence-electron chi connectivity index (χ1n) is 9.36. The highest BCUT2D eigenvalue weighted by atomic mass is 19.4. The van der Waals surface area contributed by atoms with Crippen molar-refractivity contribution in [2.75, 3.05) is 0 Å². The third-order valence-electron chi connectivity index (χ3n) is 5.36. The molecule has 0 aromatic heterocycles. The highest BCUT2D eigenvalue weighted by Crippen LogP contribution is 2.41. The summed E-state index contributed by atoms with van der Waals surface area (Å²) in [4.78, 5) is 11.7. The summed E-state index contributed by atoms with van der Waals surface area (Å²) in [5.41, 5.74) is -1.19. The second-order valence-electron chi connectivity index (χ2n) is 7.64. The first-order chi connectivity index (χ1) is 14.0. The zero-order valence-corrected chi connectivity index (χ0v) is 15.8. The smallest absolute Gasteiger partial charge is 0.342 e. The zero-order valence-electron chi connectivity index (χ0n) is 15.8. The maximum absolute atomic E-state index is 13.2. The Kier molecular flexibility index (Phi) is 5.00. The quantitative estimate of drug-likeness (QED) is 0.527. The van der Waals surface area contributed by atoms with E-state index in [1.165, 1.54) is 0 Å². The van der Waals surface area contributed by atoms with E-state index in [4.69, 9.17) is 0 Å². The van der Waals surface area contributed by atoms with Crippen LogP contribution in [0.1, 0.15) is 54.2 Å². The van der Waals surface area contributed by atoms with Gasteiger partial charge in [-0.15, -0.1) is 0 Å². The van der Waals surface area contributed by atoms with Gasteiger partial charge >= 0.3 is 12.4 Å². The molecule has 160 valence electrons. The molecule has 30 heavy (non-hydrogen) atoms. The SMILES string of the molecule is CC1CC(c2ncc3nccc-3[nH]2)CC(c2cc(C(F)(F)F)cc(C(F)(F)F)c2)N1. The van der Waals surface area contributed by atoms with Gasteiger partial charge in [-0.2, -0.15) is 26.3 Å². The number of hydrogen-bond donors (Lipinski definition) is 2. The third kappa shape index (κ3) is 4.14. The van der Waals surface area contributed by atoms with Crippen molar-refractivity contribution < 1.29 is 26.3 Å². The maximum Gasteiger partial charge on any atom is 0.416 e. The zero-order chi connectivity index (χ0) is 21.7. The normalized spacial score (nSPS) is 23.1. The lowest BCUT2D eigenvalue weighted by atomic mass is 9.84. The van der Waals surface area contributed by atoms with Crippen LogP contribution in [-0.4, -0.2) is 21.0 Å². The number of nitrogens with zero attached hydrogens (tertiary/aromatic N) is 2. The van der Waals surface area contributed by atoms with Gasteiger partial charge in [-0.05, 0) is 49.6 Å². The molecule has 4 rings (SSSR count). The summed E-state index contributed by atoms with van der Waals surface area (Å²) < 4.78 is 79.4. The van der Waals surface area contributed by atoms with Crippen molar-refractivity contribution in [2.24, 2.45) is 0 Å². The molecule has 10 heteroatoms. The Bertz CT molecular complexity index is 977. The maximum atomic E-state index is 13.2. The number of piperidine rings is 1. The summed E-state index contributed by atoms with van der Waals surface area (Å²) >= 11 is 0. The molecule has 0 saturated carbocycles. The molecular weight excluding hydrogens is 410 g/mol. The number of H-pyrrole nitrogens is 1. The average molecular weight is 428 g/mol. The number of alkyl halides is 6. The second kappa shape index (κ2) is 7.26. The van der Waals surface area contributed by atoms with Crippen LogP contribution < -0.4 is 5.32 Å². The Balaban J connectivity index is 1.70. The minimum Gasteiger partial charge on any atom is -0.342 e. The first kappa shape index (κ1) is 20.6. The molecule has 2 N–H and O–H groups in total. The Morgan fingerprint density at radius 3 is 2.23 bits per heavy atom. The molecule has 3 aliphatic rings. The van der Waals surface area contributed by atoms with Gasteiger partial charge in [-0.25, -0.2) is 4.98 Å². The number of hydrogen-bond acceptors (Lipinski definition) is 3. The molecular formula is C20H18F6N4. The van der Waals surface area contributed by atoms with E-state index in [0.717, 1.165) is 17.8 Å². The molecule has 3 aliphatic heterocycles. The number of fused-ring (bicyclic) bond motifs is 1. The minimum atomic E-state index is -4.87. The van der Waals surface area contributed by atoms with Crippen molar-refractivity contribution in [3.63, 3.8) is 0 Å². The van der Waals surface area contributed by atoms with Gasteiger partial charge in [0.25, 0.3) is 0 Å². The fourth-order valence-corrected chi connectivity index (χ4v) is 3.99. The fraction of sp³-hybridized carbons (Fsp3) is 0.400. The molecule has 3 heterocycles. The highest BCUT2D eigenvalue weighted by Gasteiger charge is 2.38. The molecule has 1 fully saturated rings. The Hall–Kier alpha value is -2.62. The van der Waals surface area contributed by atoms with E-state index in [1.54, 1.807) is 18.5 Å². The molecule has 0 bridgehead atoms. The van der Waals surface area contributed by atoms with Gasteiger partial charge in [0.15, 0.2) is 0 Å². The molecule has 1 aromatic rings. The Labute approximate surface area is 168 Å². The summed E-state index contributed by atoms with van der Waals surface area (Å²) in [6.45, 7) is 1.85. The van der Waals surface area contributed by atoms with Crippen LogP contribution in [0.15, 0.2) is 36.7 Å². The Morgan fingerprint density at radius 2 is 1.60 bits per heavy atom. The van der Waals surface area contributed by atoms with Crippen LogP contribution >= 0.6 is 0 Å². The molecule has 3 atom stereocenters. The predicted molar refractivity (Wildman–Crippen MR) is 96.8 cm³/mol. The van der Waals surface area contributed by atoms with Crippen molar-refractivity contribution in [3.05, 3.63) is 59.2 Å². The minimum absolute atomic E-state index is 0.0373. The number of halogens is 6. The summed E-state index contributed by atoms with van der Waals surface area (Å²) in [7, 11) is 0. The largest absolute Gasteiger partial charge is 0.416 e. The molecule has 1 aromatic carbocycles. The molecule has 0 spiro atoms. The standard InChI is InChI=1S/C20H18F6N4/c1-10-4-12(18-28-9-17-15(30-18)2-3-27-17)7-16(29-10)11-5-13(19(21,22)23)8-14(6-11)20(24,25)26/h2-3,5-6,8-10,12,16,29H,4,7H2,1H3,(H,28,30). The molecule has 3 unspecified atom stereocenters. The van der Waals surface area contributed by atoms with E-state index in [0.29, 0.717) is 24.4 Å². The van der Waals surface area contributed by atoms with Gasteiger partial charge < -0.3 is 10.3 Å². The lowest BCUT2D eigenvalue weighted by molar-refractivity contribution is -0.143. The van der Waals surface area contributed by atoms with Gasteiger partial charge in [0.1, 0.15) is 11.5 Å². The predicted octanol–water partition coefficient (Wildman–Crippen LogP) is 5.54. The van der Waals surface area contributed by atoms with E-state index in [-0.39, 0.29) is 23.6 Å². The molecule has 1 saturated heterocycles. The van der Waals surface area contributed by atoms with E-state index >= 15 is 0 Å². The summed E-state index contributed by atoms with van der Waals surface area (Å²) in [5, 5.41) is 3.13. The van der Waals surface area contributed by atoms with Gasteiger partial charge in [-0.3, -0.25) is 4.98 Å². The van der Waals surface area contributed by atoms with Crippen LogP contribution in [0.5, 0.6) is 0 Å². The van der Waals surface area contributed by atoms with Gasteiger partial charge in [0.05, 0.1) is 23.0 Å². The van der Waals surface area contributed by atoms with E-state index in [2.05, 4.69) is 20.3 Å². The fourth-order valence-electron chi connectivity index (χ4n) is 3.99. The number of rotatable bonds is 2. The van der Waals surface area contributed by atoms with Crippen LogP contribution in [0.2, 0.25) is 0 Å². The summed E-state index contributed by atoms with van der Waals surface area (Å²) in [5.74, 6) is 0.478. The Morgan fingerprint density at radius 1 is 0.933 bits per heavy atom. The topological polar surface area (TPSA) is 53.6 Å². The van der Waals surface area contributed by atoms with Crippen LogP contribution in [0.25, 0.3) is 11.4 Å². The van der Waals surface area contributed by atoms with Gasteiger partial charge in [0, 0.05) is 24.2 Å². The summed E-state index contributed by atoms with van der Waals surface area (Å²) in [6, 6.07) is 2.73. The van der Waals surface area contributed by atoms with Crippen LogP contribution in [-0.2, 0) is 12.4 Å². The van der Waals surface area contributed by atoms with Crippen molar-refractivity contribution in [1.82, 2.24) is 20.3 Å². The number of benzene rings is 1. The first-order valence-corrected chi connectivity index (χ1v) is 9.36. The van der Waals surface area contributed by atoms with Crippen LogP contribution in [0, 0.1) is 0 Å². The third-order valence-corrected chi connectivity index (χ3v) is 5.36. The lowest BCUT2D eigenvalue weighted by Crippen LogP contribution is -2.38. The monoisotopic (exact) mass is 428 g/mol. The number of nitrogens with one attached hydrogen (secondary N) is 2. The van der Waals surface area contributed by atoms with Crippen LogP contribution in [0.3, 0.4) is 0 Å². The van der Waals surface area contributed by atoms with Gasteiger partial charge in [-0.1, -0.05) is 0 Å². The van der Waals surface area contributed by atoms with E-state index in [9.17, 15) is 26.3 Å². The molecule has 0 radical (unpaired) electrons. The molecule has 4 nitrogen and oxygen atoms in total. The van der Waals surface area contributed by atoms with Crippen molar-refractivity contribution in [2.45, 2.75) is 50.1 Å². The molecule has 0 amide bonds. The van der Waals surface area contributed by atoms with Crippen molar-refractivity contribution in [1.29, 1.82) is 0 Å². The number of aromatic nitrogens is 3. The van der Waals surface area contributed by atoms with Crippen molar-refractivity contribution >= 4 is 0 Å². The van der Waals surface area contributed by atoms with Crippen LogP contribution in [0.4, 0.5) is 26.3 Å². The summed E-state index contributed by atoms with van der Waals surface area (Å²) in [6.07, 6.45) is -5.56.